The second-order valence-corrected chi connectivity index (χ2v) is 5.47. The fourth-order valence-electron chi connectivity index (χ4n) is 2.42. The predicted molar refractivity (Wildman–Crippen MR) is 86.5 cm³/mol. The number of hydrogen-bond acceptors (Lipinski definition) is 3. The molecule has 0 aliphatic heterocycles. The van der Waals surface area contributed by atoms with Crippen LogP contribution in [-0.4, -0.2) is 34.1 Å². The van der Waals surface area contributed by atoms with Crippen molar-refractivity contribution < 1.29 is 5.11 Å². The van der Waals surface area contributed by atoms with Gasteiger partial charge in [0.05, 0.1) is 12.3 Å². The topological polar surface area (TPSA) is 41.3 Å². The summed E-state index contributed by atoms with van der Waals surface area (Å²) in [6, 6.07) is 10.3. The second-order valence-electron chi connectivity index (χ2n) is 5.47. The Morgan fingerprint density at radius 2 is 2.05 bits per heavy atom. The Morgan fingerprint density at radius 1 is 1.29 bits per heavy atom. The summed E-state index contributed by atoms with van der Waals surface area (Å²) in [6.07, 6.45) is 6.56. The lowest BCUT2D eigenvalue weighted by molar-refractivity contribution is 0.175. The van der Waals surface area contributed by atoms with Gasteiger partial charge in [0.15, 0.2) is 0 Å². The van der Waals surface area contributed by atoms with Gasteiger partial charge in [-0.1, -0.05) is 25.1 Å². The zero-order chi connectivity index (χ0) is 15.1. The molecule has 1 aromatic carbocycles. The first-order chi connectivity index (χ1) is 10.2. The molecule has 0 aliphatic carbocycles. The van der Waals surface area contributed by atoms with Crippen LogP contribution in [0.1, 0.15) is 25.3 Å². The quantitative estimate of drug-likeness (QED) is 0.811. The molecule has 4 nitrogen and oxygen atoms in total. The largest absolute Gasteiger partial charge is 0.391 e. The van der Waals surface area contributed by atoms with Crippen LogP contribution in [0.5, 0.6) is 0 Å². The van der Waals surface area contributed by atoms with E-state index in [9.17, 15) is 5.11 Å². The van der Waals surface area contributed by atoms with Gasteiger partial charge in [0, 0.05) is 32.0 Å². The van der Waals surface area contributed by atoms with E-state index in [-0.39, 0.29) is 6.10 Å². The minimum Gasteiger partial charge on any atom is -0.391 e. The molecule has 1 atom stereocenters. The summed E-state index contributed by atoms with van der Waals surface area (Å²) in [4.78, 5) is 2.27. The van der Waals surface area contributed by atoms with Crippen molar-refractivity contribution in [3.05, 3.63) is 48.3 Å². The number of para-hydroxylation sites is 1. The van der Waals surface area contributed by atoms with Gasteiger partial charge < -0.3 is 10.0 Å². The lowest BCUT2D eigenvalue weighted by Crippen LogP contribution is -2.33. The van der Waals surface area contributed by atoms with E-state index in [0.717, 1.165) is 25.8 Å². The lowest BCUT2D eigenvalue weighted by Gasteiger charge is -2.27. The van der Waals surface area contributed by atoms with Gasteiger partial charge in [-0.25, -0.2) is 0 Å². The molecule has 0 radical (unpaired) electrons. The van der Waals surface area contributed by atoms with Crippen molar-refractivity contribution in [1.29, 1.82) is 0 Å². The molecule has 0 aliphatic rings. The average Bonchev–Trinajstić information content (AvgIpc) is 2.92. The molecule has 0 fully saturated rings. The number of hydrogen-bond donors (Lipinski definition) is 1. The van der Waals surface area contributed by atoms with E-state index in [1.165, 1.54) is 11.3 Å². The van der Waals surface area contributed by atoms with Crippen LogP contribution in [0, 0.1) is 0 Å². The second kappa shape index (κ2) is 7.84. The third kappa shape index (κ3) is 4.90. The molecule has 0 saturated heterocycles. The molecule has 1 heterocycles. The van der Waals surface area contributed by atoms with E-state index in [1.807, 2.05) is 43.0 Å². The number of rotatable bonds is 8. The van der Waals surface area contributed by atoms with Gasteiger partial charge >= 0.3 is 0 Å². The van der Waals surface area contributed by atoms with E-state index < -0.39 is 0 Å². The van der Waals surface area contributed by atoms with Crippen LogP contribution < -0.4 is 4.90 Å². The highest BCUT2D eigenvalue weighted by molar-refractivity contribution is 5.46. The molecule has 2 aromatic rings. The molecule has 1 aromatic heterocycles. The summed E-state index contributed by atoms with van der Waals surface area (Å²) in [5.41, 5.74) is 2.44. The van der Waals surface area contributed by atoms with Crippen molar-refractivity contribution in [3.8, 4) is 0 Å². The smallest absolute Gasteiger partial charge is 0.0712 e. The standard InChI is InChI=1S/C17H25N3O/c1-3-17(21)14-20(16-9-5-4-6-10-16)11-7-8-15-12-18-19(2)13-15/h4-6,9-10,12-13,17,21H,3,7-8,11,14H2,1-2H3. The first-order valence-corrected chi connectivity index (χ1v) is 7.64. The summed E-state index contributed by atoms with van der Waals surface area (Å²) in [5.74, 6) is 0. The zero-order valence-corrected chi connectivity index (χ0v) is 12.9. The highest BCUT2D eigenvalue weighted by Crippen LogP contribution is 2.15. The van der Waals surface area contributed by atoms with Gasteiger partial charge in [-0.15, -0.1) is 0 Å². The van der Waals surface area contributed by atoms with Gasteiger partial charge in [-0.2, -0.15) is 5.10 Å². The highest BCUT2D eigenvalue weighted by atomic mass is 16.3. The molecule has 21 heavy (non-hydrogen) atoms. The van der Waals surface area contributed by atoms with Crippen LogP contribution in [0.4, 0.5) is 5.69 Å². The van der Waals surface area contributed by atoms with Gasteiger partial charge in [0.1, 0.15) is 0 Å². The number of aliphatic hydroxyl groups is 1. The Hall–Kier alpha value is -1.81. The highest BCUT2D eigenvalue weighted by Gasteiger charge is 2.11. The third-order valence-electron chi connectivity index (χ3n) is 3.68. The number of aliphatic hydroxyl groups excluding tert-OH is 1. The number of aryl methyl sites for hydroxylation is 2. The van der Waals surface area contributed by atoms with Gasteiger partial charge in [-0.3, -0.25) is 4.68 Å². The first-order valence-electron chi connectivity index (χ1n) is 7.64. The number of aromatic nitrogens is 2. The number of benzene rings is 1. The normalized spacial score (nSPS) is 12.3. The van der Waals surface area contributed by atoms with E-state index in [1.54, 1.807) is 0 Å². The maximum atomic E-state index is 9.95. The summed E-state index contributed by atoms with van der Waals surface area (Å²) < 4.78 is 1.84. The molecule has 0 saturated carbocycles. The summed E-state index contributed by atoms with van der Waals surface area (Å²) in [5, 5.41) is 14.2. The van der Waals surface area contributed by atoms with Gasteiger partial charge in [-0.05, 0) is 37.0 Å². The van der Waals surface area contributed by atoms with Gasteiger partial charge in [0.25, 0.3) is 0 Å². The Bertz CT molecular complexity index is 524. The van der Waals surface area contributed by atoms with Crippen molar-refractivity contribution in [2.75, 3.05) is 18.0 Å². The van der Waals surface area contributed by atoms with Crippen LogP contribution in [-0.2, 0) is 13.5 Å². The van der Waals surface area contributed by atoms with Crippen molar-refractivity contribution in [1.82, 2.24) is 9.78 Å². The fraction of sp³-hybridized carbons (Fsp3) is 0.471. The van der Waals surface area contributed by atoms with Crippen LogP contribution in [0.2, 0.25) is 0 Å². The van der Waals surface area contributed by atoms with E-state index in [2.05, 4.69) is 28.3 Å². The number of anilines is 1. The summed E-state index contributed by atoms with van der Waals surface area (Å²) in [6.45, 7) is 3.65. The molecule has 2 rings (SSSR count). The lowest BCUT2D eigenvalue weighted by atomic mass is 10.1. The minimum absolute atomic E-state index is 0.274. The van der Waals surface area contributed by atoms with E-state index >= 15 is 0 Å². The van der Waals surface area contributed by atoms with Crippen molar-refractivity contribution in [2.24, 2.45) is 7.05 Å². The Kier molecular flexibility index (Phi) is 5.81. The van der Waals surface area contributed by atoms with E-state index in [4.69, 9.17) is 0 Å². The molecule has 114 valence electrons. The fourth-order valence-corrected chi connectivity index (χ4v) is 2.42. The minimum atomic E-state index is -0.274. The van der Waals surface area contributed by atoms with Crippen molar-refractivity contribution in [2.45, 2.75) is 32.3 Å². The molecular weight excluding hydrogens is 262 g/mol. The average molecular weight is 287 g/mol. The van der Waals surface area contributed by atoms with Crippen LogP contribution >= 0.6 is 0 Å². The van der Waals surface area contributed by atoms with Crippen molar-refractivity contribution >= 4 is 5.69 Å². The first kappa shape index (κ1) is 15.6. The van der Waals surface area contributed by atoms with Crippen molar-refractivity contribution in [3.63, 3.8) is 0 Å². The molecule has 1 unspecified atom stereocenters. The molecular formula is C17H25N3O. The van der Waals surface area contributed by atoms with Crippen LogP contribution in [0.15, 0.2) is 42.7 Å². The van der Waals surface area contributed by atoms with Gasteiger partial charge in [0.2, 0.25) is 0 Å². The Labute approximate surface area is 127 Å². The summed E-state index contributed by atoms with van der Waals surface area (Å²) >= 11 is 0. The monoisotopic (exact) mass is 287 g/mol. The zero-order valence-electron chi connectivity index (χ0n) is 12.9. The molecule has 0 amide bonds. The SMILES string of the molecule is CCC(O)CN(CCCc1cnn(C)c1)c1ccccc1. The molecule has 0 spiro atoms. The van der Waals surface area contributed by atoms with Crippen LogP contribution in [0.3, 0.4) is 0 Å². The number of nitrogens with zero attached hydrogens (tertiary/aromatic N) is 3. The Balaban J connectivity index is 1.92. The maximum absolute atomic E-state index is 9.95. The predicted octanol–water partition coefficient (Wildman–Crippen LogP) is 2.63. The third-order valence-corrected chi connectivity index (χ3v) is 3.68. The maximum Gasteiger partial charge on any atom is 0.0712 e. The summed E-state index contributed by atoms with van der Waals surface area (Å²) in [7, 11) is 1.94. The molecule has 0 bridgehead atoms. The Morgan fingerprint density at radius 3 is 2.67 bits per heavy atom. The molecule has 4 heteroatoms. The molecule has 1 N–H and O–H groups in total. The van der Waals surface area contributed by atoms with E-state index in [0.29, 0.717) is 6.54 Å². The van der Waals surface area contributed by atoms with Crippen LogP contribution in [0.25, 0.3) is 0 Å².